The fraction of sp³-hybridized carbons (Fsp3) is 0.250. The maximum absolute atomic E-state index is 12.5. The summed E-state index contributed by atoms with van der Waals surface area (Å²) in [5.41, 5.74) is 2.30. The van der Waals surface area contributed by atoms with Crippen LogP contribution >= 0.6 is 11.6 Å². The van der Waals surface area contributed by atoms with Gasteiger partial charge in [0.05, 0.1) is 34.9 Å². The molecule has 0 bridgehead atoms. The number of anilines is 6. The van der Waals surface area contributed by atoms with Crippen molar-refractivity contribution < 1.29 is 13.2 Å². The Morgan fingerprint density at radius 1 is 1.11 bits per heavy atom. The highest BCUT2D eigenvalue weighted by molar-refractivity contribution is 7.93. The molecule has 2 aromatic carbocycles. The van der Waals surface area contributed by atoms with Crippen LogP contribution in [0.1, 0.15) is 12.8 Å². The molecule has 1 amide bonds. The van der Waals surface area contributed by atoms with Crippen molar-refractivity contribution in [3.63, 3.8) is 0 Å². The summed E-state index contributed by atoms with van der Waals surface area (Å²) in [7, 11) is 0.185. The van der Waals surface area contributed by atoms with Gasteiger partial charge in [-0.15, -0.1) is 0 Å². The summed E-state index contributed by atoms with van der Waals surface area (Å²) in [4.78, 5) is 22.6. The van der Waals surface area contributed by atoms with Crippen molar-refractivity contribution >= 4 is 73.1 Å². The zero-order chi connectivity index (χ0) is 26.9. The van der Waals surface area contributed by atoms with Crippen LogP contribution in [-0.4, -0.2) is 65.3 Å². The number of nitrogens with one attached hydrogen (secondary N) is 5. The van der Waals surface area contributed by atoms with E-state index in [1.54, 1.807) is 29.2 Å². The number of nitrogens with zero attached hydrogens (tertiary/aromatic N) is 4. The van der Waals surface area contributed by atoms with E-state index in [-0.39, 0.29) is 28.7 Å². The molecule has 2 heterocycles. The van der Waals surface area contributed by atoms with E-state index in [2.05, 4.69) is 40.8 Å². The summed E-state index contributed by atoms with van der Waals surface area (Å²) in [6.45, 7) is 0.245. The standard InChI is InChI=1S/C24H26ClN9O3S/c1-34(2)13-21(35)29-22-16-10-7-14(11-20(16)31-32-22)27-24-26-12-17(25)23(30-24)28-18-5-3-4-6-19(18)33-38(36,37)15-8-9-15/h3-7,10-12,15,33H,8-9,13H2,1-2H3,(H2,26,27,28,30)(H2,29,31,32,35). The van der Waals surface area contributed by atoms with E-state index in [1.165, 1.54) is 6.20 Å². The first-order valence-corrected chi connectivity index (χ1v) is 13.7. The van der Waals surface area contributed by atoms with Gasteiger partial charge in [0.2, 0.25) is 21.9 Å². The highest BCUT2D eigenvalue weighted by Crippen LogP contribution is 2.34. The van der Waals surface area contributed by atoms with Crippen molar-refractivity contribution in [2.75, 3.05) is 41.3 Å². The summed E-state index contributed by atoms with van der Waals surface area (Å²) in [6.07, 6.45) is 2.77. The number of aromatic nitrogens is 4. The molecule has 0 spiro atoms. The van der Waals surface area contributed by atoms with Gasteiger partial charge in [0.15, 0.2) is 11.6 Å². The lowest BCUT2D eigenvalue weighted by Crippen LogP contribution is -2.27. The lowest BCUT2D eigenvalue weighted by Gasteiger charge is -2.15. The van der Waals surface area contributed by atoms with Crippen LogP contribution in [0, 0.1) is 0 Å². The van der Waals surface area contributed by atoms with Crippen LogP contribution in [0.25, 0.3) is 10.9 Å². The van der Waals surface area contributed by atoms with Crippen molar-refractivity contribution in [3.8, 4) is 0 Å². The number of likely N-dealkylation sites (N-methyl/N-ethyl adjacent to an activating group) is 1. The van der Waals surface area contributed by atoms with Crippen molar-refractivity contribution in [3.05, 3.63) is 53.7 Å². The van der Waals surface area contributed by atoms with Crippen LogP contribution in [0.2, 0.25) is 5.02 Å². The Kier molecular flexibility index (Phi) is 7.06. The average Bonchev–Trinajstić information content (AvgIpc) is 3.65. The number of fused-ring (bicyclic) bond motifs is 1. The van der Waals surface area contributed by atoms with Gasteiger partial charge in [0.25, 0.3) is 0 Å². The van der Waals surface area contributed by atoms with E-state index in [9.17, 15) is 13.2 Å². The molecule has 0 saturated heterocycles. The number of halogens is 1. The van der Waals surface area contributed by atoms with Crippen LogP contribution in [0.15, 0.2) is 48.7 Å². The molecule has 38 heavy (non-hydrogen) atoms. The predicted octanol–water partition coefficient (Wildman–Crippen LogP) is 3.90. The number of H-pyrrole nitrogens is 1. The van der Waals surface area contributed by atoms with E-state index >= 15 is 0 Å². The Labute approximate surface area is 224 Å². The SMILES string of the molecule is CN(C)CC(=O)Nc1n[nH]c2cc(Nc3ncc(Cl)c(Nc4ccccc4NS(=O)(=O)C4CC4)n3)ccc12. The van der Waals surface area contributed by atoms with Gasteiger partial charge in [-0.05, 0) is 57.3 Å². The molecule has 0 radical (unpaired) electrons. The van der Waals surface area contributed by atoms with Crippen molar-refractivity contribution in [2.24, 2.45) is 0 Å². The molecular formula is C24H26ClN9O3S. The molecule has 5 N–H and O–H groups in total. The molecule has 12 nitrogen and oxygen atoms in total. The first kappa shape index (κ1) is 25.7. The highest BCUT2D eigenvalue weighted by Gasteiger charge is 2.36. The van der Waals surface area contributed by atoms with E-state index in [1.807, 2.05) is 32.3 Å². The van der Waals surface area contributed by atoms with Gasteiger partial charge in [-0.25, -0.2) is 13.4 Å². The lowest BCUT2D eigenvalue weighted by atomic mass is 10.2. The smallest absolute Gasteiger partial charge is 0.239 e. The molecule has 0 aliphatic heterocycles. The van der Waals surface area contributed by atoms with Gasteiger partial charge < -0.3 is 20.9 Å². The number of carbonyl (C=O) groups excluding carboxylic acids is 1. The Hall–Kier alpha value is -3.94. The minimum absolute atomic E-state index is 0.165. The number of para-hydroxylation sites is 2. The van der Waals surface area contributed by atoms with Crippen molar-refractivity contribution in [1.82, 2.24) is 25.1 Å². The largest absolute Gasteiger partial charge is 0.337 e. The highest BCUT2D eigenvalue weighted by atomic mass is 35.5. The normalized spacial score (nSPS) is 13.5. The first-order chi connectivity index (χ1) is 18.2. The lowest BCUT2D eigenvalue weighted by molar-refractivity contribution is -0.116. The number of sulfonamides is 1. The average molecular weight is 556 g/mol. The van der Waals surface area contributed by atoms with Crippen LogP contribution in [0.5, 0.6) is 0 Å². The molecule has 1 fully saturated rings. The predicted molar refractivity (Wildman–Crippen MR) is 149 cm³/mol. The fourth-order valence-corrected chi connectivity index (χ4v) is 5.27. The number of amides is 1. The molecule has 1 aliphatic carbocycles. The van der Waals surface area contributed by atoms with E-state index in [4.69, 9.17) is 11.6 Å². The number of benzene rings is 2. The monoisotopic (exact) mass is 555 g/mol. The number of hydrogen-bond acceptors (Lipinski definition) is 9. The molecule has 1 saturated carbocycles. The third-order valence-electron chi connectivity index (χ3n) is 5.68. The molecule has 1 aliphatic rings. The summed E-state index contributed by atoms with van der Waals surface area (Å²) in [5, 5.41) is 16.8. The second kappa shape index (κ2) is 10.4. The molecule has 4 aromatic rings. The fourth-order valence-electron chi connectivity index (χ4n) is 3.72. The quantitative estimate of drug-likeness (QED) is 0.196. The molecule has 198 valence electrons. The third kappa shape index (κ3) is 5.96. The van der Waals surface area contributed by atoms with Crippen LogP contribution < -0.4 is 20.7 Å². The van der Waals surface area contributed by atoms with Crippen molar-refractivity contribution in [1.29, 1.82) is 0 Å². The van der Waals surface area contributed by atoms with Gasteiger partial charge in [-0.2, -0.15) is 10.1 Å². The Morgan fingerprint density at radius 2 is 1.87 bits per heavy atom. The van der Waals surface area contributed by atoms with Crippen LogP contribution in [-0.2, 0) is 14.8 Å². The Morgan fingerprint density at radius 3 is 2.61 bits per heavy atom. The van der Waals surface area contributed by atoms with E-state index in [0.717, 1.165) is 5.39 Å². The summed E-state index contributed by atoms with van der Waals surface area (Å²) in [6, 6.07) is 12.4. The zero-order valence-electron chi connectivity index (χ0n) is 20.6. The summed E-state index contributed by atoms with van der Waals surface area (Å²) >= 11 is 6.34. The summed E-state index contributed by atoms with van der Waals surface area (Å²) in [5.74, 6) is 0.854. The van der Waals surface area contributed by atoms with Crippen LogP contribution in [0.3, 0.4) is 0 Å². The van der Waals surface area contributed by atoms with Crippen LogP contribution in [0.4, 0.5) is 34.6 Å². The van der Waals surface area contributed by atoms with Gasteiger partial charge in [0.1, 0.15) is 5.02 Å². The van der Waals surface area contributed by atoms with E-state index in [0.29, 0.717) is 47.1 Å². The third-order valence-corrected chi connectivity index (χ3v) is 7.81. The maximum Gasteiger partial charge on any atom is 0.239 e. The maximum atomic E-state index is 12.5. The van der Waals surface area contributed by atoms with Gasteiger partial charge in [0, 0.05) is 11.1 Å². The molecule has 0 atom stereocenters. The summed E-state index contributed by atoms with van der Waals surface area (Å²) < 4.78 is 27.6. The minimum atomic E-state index is -3.44. The topological polar surface area (TPSA) is 157 Å². The first-order valence-electron chi connectivity index (χ1n) is 11.8. The van der Waals surface area contributed by atoms with E-state index < -0.39 is 10.0 Å². The van der Waals surface area contributed by atoms with Crippen molar-refractivity contribution in [2.45, 2.75) is 18.1 Å². The number of rotatable bonds is 10. The van der Waals surface area contributed by atoms with Gasteiger partial charge in [-0.1, -0.05) is 23.7 Å². The Bertz CT molecular complexity index is 1600. The van der Waals surface area contributed by atoms with Gasteiger partial charge in [-0.3, -0.25) is 14.6 Å². The number of hydrogen-bond donors (Lipinski definition) is 5. The number of aromatic amines is 1. The number of carbonyl (C=O) groups is 1. The Balaban J connectivity index is 1.33. The van der Waals surface area contributed by atoms with Gasteiger partial charge >= 0.3 is 0 Å². The molecular weight excluding hydrogens is 530 g/mol. The minimum Gasteiger partial charge on any atom is -0.337 e. The second-order valence-electron chi connectivity index (χ2n) is 9.15. The molecule has 2 aromatic heterocycles. The molecule has 5 rings (SSSR count). The second-order valence-corrected chi connectivity index (χ2v) is 11.5. The zero-order valence-corrected chi connectivity index (χ0v) is 22.2. The molecule has 14 heteroatoms. The molecule has 0 unspecified atom stereocenters.